The second-order valence-electron chi connectivity index (χ2n) is 13.3. The number of rotatable bonds is 6. The largest absolute Gasteiger partial charge is 0.310 e. The van der Waals surface area contributed by atoms with E-state index >= 15 is 0 Å². The first kappa shape index (κ1) is 30.0. The van der Waals surface area contributed by atoms with Gasteiger partial charge in [0.2, 0.25) is 0 Å². The molecular formula is C50H34N2. The fourth-order valence-corrected chi connectivity index (χ4v) is 8.01. The summed E-state index contributed by atoms with van der Waals surface area (Å²) in [6.45, 7) is 0. The lowest BCUT2D eigenvalue weighted by atomic mass is 9.94. The molecule has 52 heavy (non-hydrogen) atoms. The standard InChI is InChI=1S/C50H34N2/c1-3-14-35(15-4-1)39-21-11-22-42(34-39)51(46-27-13-19-36-18-7-8-23-43(36)46)40-29-31-41(32-30-40)52-47-26-10-9-24-45(47)50-48(52)33-28-38-20-12-25-44(49(38)50)37-16-5-2-6-17-37/h1-34H. The van der Waals surface area contributed by atoms with Gasteiger partial charge in [0.25, 0.3) is 0 Å². The topological polar surface area (TPSA) is 8.17 Å². The van der Waals surface area contributed by atoms with Gasteiger partial charge in [-0.05, 0) is 93.0 Å². The van der Waals surface area contributed by atoms with Crippen molar-refractivity contribution in [2.75, 3.05) is 4.90 Å². The molecule has 0 aliphatic rings. The van der Waals surface area contributed by atoms with Crippen LogP contribution in [-0.4, -0.2) is 4.57 Å². The van der Waals surface area contributed by atoms with Gasteiger partial charge in [0.15, 0.2) is 0 Å². The minimum absolute atomic E-state index is 1.10. The number of nitrogens with zero attached hydrogens (tertiary/aromatic N) is 2. The van der Waals surface area contributed by atoms with Gasteiger partial charge in [0, 0.05) is 33.2 Å². The Hall–Kier alpha value is -6.90. The molecule has 2 nitrogen and oxygen atoms in total. The molecule has 1 aromatic heterocycles. The Morgan fingerprint density at radius 3 is 1.81 bits per heavy atom. The van der Waals surface area contributed by atoms with E-state index in [1.165, 1.54) is 65.6 Å². The van der Waals surface area contributed by atoms with Crippen molar-refractivity contribution in [3.8, 4) is 27.9 Å². The highest BCUT2D eigenvalue weighted by molar-refractivity contribution is 6.24. The molecule has 1 heterocycles. The SMILES string of the molecule is c1ccc(-c2cccc(N(c3ccc(-n4c5ccccc5c5c6c(-c7ccccc7)cccc6ccc54)cc3)c3cccc4ccccc34)c2)cc1. The molecule has 0 spiro atoms. The average molecular weight is 663 g/mol. The summed E-state index contributed by atoms with van der Waals surface area (Å²) in [5.41, 5.74) is 11.8. The van der Waals surface area contributed by atoms with E-state index in [1.54, 1.807) is 0 Å². The highest BCUT2D eigenvalue weighted by Gasteiger charge is 2.19. The van der Waals surface area contributed by atoms with Gasteiger partial charge in [-0.15, -0.1) is 0 Å². The average Bonchev–Trinajstić information content (AvgIpc) is 3.56. The van der Waals surface area contributed by atoms with Gasteiger partial charge < -0.3 is 9.47 Å². The van der Waals surface area contributed by atoms with Crippen LogP contribution in [0.3, 0.4) is 0 Å². The fraction of sp³-hybridized carbons (Fsp3) is 0. The molecule has 0 atom stereocenters. The second kappa shape index (κ2) is 12.5. The van der Waals surface area contributed by atoms with Crippen LogP contribution < -0.4 is 4.90 Å². The Balaban J connectivity index is 1.17. The van der Waals surface area contributed by atoms with Crippen LogP contribution in [0.25, 0.3) is 71.3 Å². The monoisotopic (exact) mass is 662 g/mol. The number of para-hydroxylation sites is 1. The molecule has 0 aliphatic carbocycles. The second-order valence-corrected chi connectivity index (χ2v) is 13.3. The normalized spacial score (nSPS) is 11.5. The highest BCUT2D eigenvalue weighted by Crippen LogP contribution is 2.43. The summed E-state index contributed by atoms with van der Waals surface area (Å²) in [5, 5.41) is 7.50. The Morgan fingerprint density at radius 1 is 0.346 bits per heavy atom. The predicted octanol–water partition coefficient (Wildman–Crippen LogP) is 13.9. The lowest BCUT2D eigenvalue weighted by Gasteiger charge is -2.27. The first-order valence-corrected chi connectivity index (χ1v) is 17.9. The molecule has 0 saturated heterocycles. The zero-order valence-electron chi connectivity index (χ0n) is 28.5. The van der Waals surface area contributed by atoms with Crippen LogP contribution in [0.15, 0.2) is 206 Å². The summed E-state index contributed by atoms with van der Waals surface area (Å²) < 4.78 is 2.42. The predicted molar refractivity (Wildman–Crippen MR) is 221 cm³/mol. The van der Waals surface area contributed by atoms with Crippen molar-refractivity contribution in [3.05, 3.63) is 206 Å². The van der Waals surface area contributed by atoms with Gasteiger partial charge in [0.1, 0.15) is 0 Å². The van der Waals surface area contributed by atoms with Crippen LogP contribution in [0, 0.1) is 0 Å². The van der Waals surface area contributed by atoms with Crippen LogP contribution in [0.5, 0.6) is 0 Å². The molecule has 0 amide bonds. The fourth-order valence-electron chi connectivity index (χ4n) is 8.01. The van der Waals surface area contributed by atoms with E-state index in [0.717, 1.165) is 22.7 Å². The summed E-state index contributed by atoms with van der Waals surface area (Å²) >= 11 is 0. The van der Waals surface area contributed by atoms with E-state index in [9.17, 15) is 0 Å². The van der Waals surface area contributed by atoms with Crippen molar-refractivity contribution in [2.24, 2.45) is 0 Å². The number of aromatic nitrogens is 1. The summed E-state index contributed by atoms with van der Waals surface area (Å²) in [5.74, 6) is 0. The zero-order chi connectivity index (χ0) is 34.4. The van der Waals surface area contributed by atoms with Gasteiger partial charge in [0.05, 0.1) is 16.7 Å². The number of fused-ring (bicyclic) bond motifs is 6. The molecule has 10 aromatic rings. The lowest BCUT2D eigenvalue weighted by molar-refractivity contribution is 1.17. The smallest absolute Gasteiger partial charge is 0.0547 e. The molecular weight excluding hydrogens is 629 g/mol. The maximum absolute atomic E-state index is 2.42. The Kier molecular flexibility index (Phi) is 7.18. The molecule has 0 unspecified atom stereocenters. The summed E-state index contributed by atoms with van der Waals surface area (Å²) in [7, 11) is 0. The lowest BCUT2D eigenvalue weighted by Crippen LogP contribution is -2.10. The quantitative estimate of drug-likeness (QED) is 0.172. The number of hydrogen-bond donors (Lipinski definition) is 0. The molecule has 9 aromatic carbocycles. The molecule has 0 saturated carbocycles. The van der Waals surface area contributed by atoms with Gasteiger partial charge in [-0.1, -0.05) is 152 Å². The molecule has 0 aliphatic heterocycles. The third kappa shape index (κ3) is 4.96. The maximum Gasteiger partial charge on any atom is 0.0547 e. The molecule has 10 rings (SSSR count). The van der Waals surface area contributed by atoms with Crippen molar-refractivity contribution in [2.45, 2.75) is 0 Å². The Morgan fingerprint density at radius 2 is 0.981 bits per heavy atom. The summed E-state index contributed by atoms with van der Waals surface area (Å²) in [6.07, 6.45) is 0. The molecule has 0 bridgehead atoms. The zero-order valence-corrected chi connectivity index (χ0v) is 28.5. The van der Waals surface area contributed by atoms with E-state index in [2.05, 4.69) is 216 Å². The van der Waals surface area contributed by atoms with Gasteiger partial charge in [-0.3, -0.25) is 0 Å². The summed E-state index contributed by atoms with van der Waals surface area (Å²) in [6, 6.07) is 74.6. The minimum atomic E-state index is 1.10. The van der Waals surface area contributed by atoms with Crippen molar-refractivity contribution in [1.82, 2.24) is 4.57 Å². The van der Waals surface area contributed by atoms with E-state index in [-0.39, 0.29) is 0 Å². The number of benzene rings is 9. The molecule has 2 heteroatoms. The van der Waals surface area contributed by atoms with Crippen molar-refractivity contribution >= 4 is 60.4 Å². The van der Waals surface area contributed by atoms with Crippen LogP contribution in [0.4, 0.5) is 17.1 Å². The van der Waals surface area contributed by atoms with E-state index in [4.69, 9.17) is 0 Å². The Bertz CT molecular complexity index is 2880. The van der Waals surface area contributed by atoms with Gasteiger partial charge >= 0.3 is 0 Å². The van der Waals surface area contributed by atoms with Crippen LogP contribution in [0.2, 0.25) is 0 Å². The molecule has 244 valence electrons. The molecule has 0 fully saturated rings. The first-order valence-electron chi connectivity index (χ1n) is 17.9. The minimum Gasteiger partial charge on any atom is -0.310 e. The number of hydrogen-bond acceptors (Lipinski definition) is 1. The van der Waals surface area contributed by atoms with Crippen molar-refractivity contribution in [3.63, 3.8) is 0 Å². The Labute approximate surface area is 303 Å². The summed E-state index contributed by atoms with van der Waals surface area (Å²) in [4.78, 5) is 2.39. The van der Waals surface area contributed by atoms with Crippen LogP contribution in [0.1, 0.15) is 0 Å². The molecule has 0 radical (unpaired) electrons. The number of anilines is 3. The molecule has 0 N–H and O–H groups in total. The highest BCUT2D eigenvalue weighted by atomic mass is 15.1. The van der Waals surface area contributed by atoms with Gasteiger partial charge in [-0.25, -0.2) is 0 Å². The van der Waals surface area contributed by atoms with Crippen molar-refractivity contribution in [1.29, 1.82) is 0 Å². The van der Waals surface area contributed by atoms with Gasteiger partial charge in [-0.2, -0.15) is 0 Å². The van der Waals surface area contributed by atoms with E-state index in [1.807, 2.05) is 0 Å². The third-order valence-corrected chi connectivity index (χ3v) is 10.3. The van der Waals surface area contributed by atoms with Crippen molar-refractivity contribution < 1.29 is 0 Å². The van der Waals surface area contributed by atoms with E-state index in [0.29, 0.717) is 0 Å². The maximum atomic E-state index is 2.42. The third-order valence-electron chi connectivity index (χ3n) is 10.3. The van der Waals surface area contributed by atoms with E-state index < -0.39 is 0 Å². The van der Waals surface area contributed by atoms with Crippen LogP contribution >= 0.6 is 0 Å². The van der Waals surface area contributed by atoms with Crippen LogP contribution in [-0.2, 0) is 0 Å². The first-order chi connectivity index (χ1) is 25.8.